The van der Waals surface area contributed by atoms with Crippen LogP contribution in [0.25, 0.3) is 0 Å². The molecular formula is C13H26N2O. The molecule has 16 heavy (non-hydrogen) atoms. The Kier molecular flexibility index (Phi) is 3.88. The van der Waals surface area contributed by atoms with Crippen LogP contribution in [0.5, 0.6) is 0 Å². The molecule has 4 unspecified atom stereocenters. The minimum absolute atomic E-state index is 0.109. The number of nitrogens with one attached hydrogen (secondary N) is 1. The SMILES string of the molecule is CC1CN(C)C(C)CC1NCC(O)C1CC1. The molecule has 4 atom stereocenters. The summed E-state index contributed by atoms with van der Waals surface area (Å²) in [6.45, 7) is 6.55. The second kappa shape index (κ2) is 5.03. The molecule has 1 saturated heterocycles. The van der Waals surface area contributed by atoms with Crippen molar-refractivity contribution in [1.29, 1.82) is 0 Å². The largest absolute Gasteiger partial charge is 0.392 e. The Balaban J connectivity index is 1.75. The monoisotopic (exact) mass is 226 g/mol. The molecule has 2 N–H and O–H groups in total. The van der Waals surface area contributed by atoms with Gasteiger partial charge in [-0.3, -0.25) is 0 Å². The molecule has 2 fully saturated rings. The number of aliphatic hydroxyl groups excluding tert-OH is 1. The van der Waals surface area contributed by atoms with Gasteiger partial charge in [0.05, 0.1) is 6.10 Å². The van der Waals surface area contributed by atoms with Crippen LogP contribution in [0.15, 0.2) is 0 Å². The van der Waals surface area contributed by atoms with Crippen molar-refractivity contribution in [3.8, 4) is 0 Å². The summed E-state index contributed by atoms with van der Waals surface area (Å²) in [5.41, 5.74) is 0. The van der Waals surface area contributed by atoms with Gasteiger partial charge in [-0.15, -0.1) is 0 Å². The third-order valence-electron chi connectivity index (χ3n) is 4.37. The van der Waals surface area contributed by atoms with E-state index in [1.807, 2.05) is 0 Å². The lowest BCUT2D eigenvalue weighted by molar-refractivity contribution is 0.0992. The first kappa shape index (κ1) is 12.3. The van der Waals surface area contributed by atoms with Crippen LogP contribution >= 0.6 is 0 Å². The van der Waals surface area contributed by atoms with E-state index in [2.05, 4.69) is 31.1 Å². The van der Waals surface area contributed by atoms with Crippen LogP contribution in [0.1, 0.15) is 33.1 Å². The quantitative estimate of drug-likeness (QED) is 0.753. The third kappa shape index (κ3) is 2.96. The summed E-state index contributed by atoms with van der Waals surface area (Å²) >= 11 is 0. The number of likely N-dealkylation sites (tertiary alicyclic amines) is 1. The number of rotatable bonds is 4. The Morgan fingerprint density at radius 2 is 2.06 bits per heavy atom. The zero-order chi connectivity index (χ0) is 11.7. The minimum Gasteiger partial charge on any atom is -0.392 e. The number of nitrogens with zero attached hydrogens (tertiary/aromatic N) is 1. The second-order valence-electron chi connectivity index (χ2n) is 5.92. The van der Waals surface area contributed by atoms with E-state index < -0.39 is 0 Å². The van der Waals surface area contributed by atoms with Crippen LogP contribution in [0.4, 0.5) is 0 Å². The Morgan fingerprint density at radius 3 is 2.69 bits per heavy atom. The first-order chi connectivity index (χ1) is 7.58. The normalized spacial score (nSPS) is 38.6. The molecule has 1 saturated carbocycles. The van der Waals surface area contributed by atoms with Crippen molar-refractivity contribution in [3.05, 3.63) is 0 Å². The maximum atomic E-state index is 9.85. The molecule has 2 rings (SSSR count). The summed E-state index contributed by atoms with van der Waals surface area (Å²) in [4.78, 5) is 2.43. The summed E-state index contributed by atoms with van der Waals surface area (Å²) in [5.74, 6) is 1.28. The second-order valence-corrected chi connectivity index (χ2v) is 5.92. The fourth-order valence-electron chi connectivity index (χ4n) is 2.75. The van der Waals surface area contributed by atoms with E-state index >= 15 is 0 Å². The van der Waals surface area contributed by atoms with E-state index in [-0.39, 0.29) is 6.10 Å². The van der Waals surface area contributed by atoms with Gasteiger partial charge in [0.15, 0.2) is 0 Å². The average Bonchev–Trinajstić information content (AvgIpc) is 3.04. The summed E-state index contributed by atoms with van der Waals surface area (Å²) in [6.07, 6.45) is 3.54. The smallest absolute Gasteiger partial charge is 0.0692 e. The van der Waals surface area contributed by atoms with E-state index in [1.165, 1.54) is 25.8 Å². The van der Waals surface area contributed by atoms with Crippen molar-refractivity contribution >= 4 is 0 Å². The van der Waals surface area contributed by atoms with Gasteiger partial charge in [0.1, 0.15) is 0 Å². The molecule has 0 amide bonds. The predicted octanol–water partition coefficient (Wildman–Crippen LogP) is 1.08. The highest BCUT2D eigenvalue weighted by molar-refractivity contribution is 4.88. The molecule has 3 nitrogen and oxygen atoms in total. The molecule has 1 aliphatic heterocycles. The van der Waals surface area contributed by atoms with Crippen molar-refractivity contribution < 1.29 is 5.11 Å². The minimum atomic E-state index is -0.109. The highest BCUT2D eigenvalue weighted by Crippen LogP contribution is 2.32. The zero-order valence-electron chi connectivity index (χ0n) is 10.8. The fourth-order valence-corrected chi connectivity index (χ4v) is 2.75. The fraction of sp³-hybridized carbons (Fsp3) is 1.00. The summed E-state index contributed by atoms with van der Waals surface area (Å²) in [5, 5.41) is 13.4. The molecule has 1 aliphatic carbocycles. The molecule has 94 valence electrons. The van der Waals surface area contributed by atoms with Gasteiger partial charge < -0.3 is 15.3 Å². The number of piperidine rings is 1. The molecule has 0 aromatic rings. The van der Waals surface area contributed by atoms with Crippen LogP contribution in [0.2, 0.25) is 0 Å². The van der Waals surface area contributed by atoms with Gasteiger partial charge in [-0.2, -0.15) is 0 Å². The lowest BCUT2D eigenvalue weighted by Gasteiger charge is -2.40. The van der Waals surface area contributed by atoms with Crippen LogP contribution in [-0.4, -0.2) is 48.3 Å². The summed E-state index contributed by atoms with van der Waals surface area (Å²) in [6, 6.07) is 1.24. The van der Waals surface area contributed by atoms with Gasteiger partial charge in [-0.05, 0) is 45.1 Å². The van der Waals surface area contributed by atoms with Crippen LogP contribution in [-0.2, 0) is 0 Å². The van der Waals surface area contributed by atoms with Crippen LogP contribution in [0, 0.1) is 11.8 Å². The molecular weight excluding hydrogens is 200 g/mol. The van der Waals surface area contributed by atoms with E-state index in [0.29, 0.717) is 23.9 Å². The maximum Gasteiger partial charge on any atom is 0.0692 e. The zero-order valence-corrected chi connectivity index (χ0v) is 10.8. The topological polar surface area (TPSA) is 35.5 Å². The first-order valence-electron chi connectivity index (χ1n) is 6.69. The van der Waals surface area contributed by atoms with E-state index in [0.717, 1.165) is 6.54 Å². The molecule has 1 heterocycles. The molecule has 3 heteroatoms. The van der Waals surface area contributed by atoms with Crippen molar-refractivity contribution in [2.75, 3.05) is 20.1 Å². The van der Waals surface area contributed by atoms with Crippen molar-refractivity contribution in [2.45, 2.75) is 51.3 Å². The molecule has 0 bridgehead atoms. The highest BCUT2D eigenvalue weighted by atomic mass is 16.3. The average molecular weight is 226 g/mol. The summed E-state index contributed by atoms with van der Waals surface area (Å²) in [7, 11) is 2.20. The van der Waals surface area contributed by atoms with Crippen LogP contribution in [0.3, 0.4) is 0 Å². The lowest BCUT2D eigenvalue weighted by Crippen LogP contribution is -2.52. The Morgan fingerprint density at radius 1 is 1.38 bits per heavy atom. The first-order valence-corrected chi connectivity index (χ1v) is 6.69. The lowest BCUT2D eigenvalue weighted by atomic mass is 9.89. The molecule has 0 aromatic heterocycles. The third-order valence-corrected chi connectivity index (χ3v) is 4.37. The van der Waals surface area contributed by atoms with Crippen molar-refractivity contribution in [2.24, 2.45) is 11.8 Å². The maximum absolute atomic E-state index is 9.85. The van der Waals surface area contributed by atoms with Crippen molar-refractivity contribution in [3.63, 3.8) is 0 Å². The molecule has 0 aromatic carbocycles. The Labute approximate surface area is 99.2 Å². The van der Waals surface area contributed by atoms with E-state index in [9.17, 15) is 5.11 Å². The van der Waals surface area contributed by atoms with Gasteiger partial charge >= 0.3 is 0 Å². The van der Waals surface area contributed by atoms with Gasteiger partial charge in [0.2, 0.25) is 0 Å². The van der Waals surface area contributed by atoms with Gasteiger partial charge in [-0.25, -0.2) is 0 Å². The Hall–Kier alpha value is -0.120. The molecule has 0 radical (unpaired) electrons. The van der Waals surface area contributed by atoms with Gasteiger partial charge in [0, 0.05) is 25.2 Å². The number of hydrogen-bond acceptors (Lipinski definition) is 3. The molecule has 2 aliphatic rings. The number of aliphatic hydroxyl groups is 1. The summed E-state index contributed by atoms with van der Waals surface area (Å²) < 4.78 is 0. The highest BCUT2D eigenvalue weighted by Gasteiger charge is 2.32. The molecule has 0 spiro atoms. The van der Waals surface area contributed by atoms with E-state index in [4.69, 9.17) is 0 Å². The van der Waals surface area contributed by atoms with Crippen LogP contribution < -0.4 is 5.32 Å². The van der Waals surface area contributed by atoms with Gasteiger partial charge in [-0.1, -0.05) is 6.92 Å². The van der Waals surface area contributed by atoms with Crippen molar-refractivity contribution in [1.82, 2.24) is 10.2 Å². The Bertz CT molecular complexity index is 230. The standard InChI is InChI=1S/C13H26N2O/c1-9-8-15(3)10(2)6-12(9)14-7-13(16)11-4-5-11/h9-14,16H,4-8H2,1-3H3. The van der Waals surface area contributed by atoms with E-state index in [1.54, 1.807) is 0 Å². The number of hydrogen-bond donors (Lipinski definition) is 2. The predicted molar refractivity (Wildman–Crippen MR) is 66.4 cm³/mol. The van der Waals surface area contributed by atoms with Gasteiger partial charge in [0.25, 0.3) is 0 Å².